The summed E-state index contributed by atoms with van der Waals surface area (Å²) in [7, 11) is 0. The lowest BCUT2D eigenvalue weighted by molar-refractivity contribution is -0.210. The summed E-state index contributed by atoms with van der Waals surface area (Å²) >= 11 is 0. The lowest BCUT2D eigenvalue weighted by atomic mass is 9.95. The highest BCUT2D eigenvalue weighted by Crippen LogP contribution is 2.33. The van der Waals surface area contributed by atoms with Crippen LogP contribution in [-0.4, -0.2) is 65.5 Å². The molecule has 0 fully saturated rings. The molecular formula is C34H26N2O7. The topological polar surface area (TPSA) is 110 Å². The van der Waals surface area contributed by atoms with Gasteiger partial charge in [0.1, 0.15) is 0 Å². The van der Waals surface area contributed by atoms with Gasteiger partial charge in [0.25, 0.3) is 29.4 Å². The summed E-state index contributed by atoms with van der Waals surface area (Å²) in [5.74, 6) is -4.33. The molecule has 0 aliphatic carbocycles. The number of benzene rings is 4. The Hall–Kier alpha value is -5.25. The second-order valence-corrected chi connectivity index (χ2v) is 9.99. The minimum absolute atomic E-state index is 0.134. The Morgan fingerprint density at radius 1 is 0.512 bits per heavy atom. The largest absolute Gasteiger partial charge is 0.338 e. The van der Waals surface area contributed by atoms with Crippen LogP contribution in [0.5, 0.6) is 0 Å². The maximum absolute atomic E-state index is 14.2. The van der Waals surface area contributed by atoms with Gasteiger partial charge in [-0.15, -0.1) is 0 Å². The smallest absolute Gasteiger partial charge is 0.261 e. The van der Waals surface area contributed by atoms with E-state index in [4.69, 9.17) is 9.47 Å². The van der Waals surface area contributed by atoms with E-state index in [1.807, 2.05) is 0 Å². The zero-order valence-electron chi connectivity index (χ0n) is 23.0. The summed E-state index contributed by atoms with van der Waals surface area (Å²) in [6.07, 6.45) is 0. The third-order valence-electron chi connectivity index (χ3n) is 7.49. The first-order valence-electron chi connectivity index (χ1n) is 13.8. The molecule has 0 saturated carbocycles. The number of carbonyl (C=O) groups excluding carboxylic acids is 5. The van der Waals surface area contributed by atoms with Gasteiger partial charge in [-0.05, 0) is 24.3 Å². The molecule has 9 heteroatoms. The van der Waals surface area contributed by atoms with Gasteiger partial charge in [0, 0.05) is 11.1 Å². The van der Waals surface area contributed by atoms with Crippen LogP contribution >= 0.6 is 0 Å². The SMILES string of the molecule is O=C1c2ccccc2C(=O)N1CCOC(OCCN1C(=O)c2ccccc2C1=O)(C(=O)c1ccccc1)c1ccccc1. The van der Waals surface area contributed by atoms with Gasteiger partial charge in [-0.25, -0.2) is 0 Å². The van der Waals surface area contributed by atoms with Crippen molar-refractivity contribution in [2.75, 3.05) is 26.3 Å². The van der Waals surface area contributed by atoms with Gasteiger partial charge in [-0.3, -0.25) is 33.8 Å². The zero-order chi connectivity index (χ0) is 30.0. The van der Waals surface area contributed by atoms with Crippen molar-refractivity contribution >= 4 is 29.4 Å². The normalized spacial score (nSPS) is 14.3. The molecule has 43 heavy (non-hydrogen) atoms. The molecule has 9 nitrogen and oxygen atoms in total. The highest BCUT2D eigenvalue weighted by Gasteiger charge is 2.45. The molecule has 4 amide bonds. The van der Waals surface area contributed by atoms with E-state index in [0.717, 1.165) is 9.80 Å². The zero-order valence-corrected chi connectivity index (χ0v) is 23.0. The van der Waals surface area contributed by atoms with E-state index in [0.29, 0.717) is 33.4 Å². The summed E-state index contributed by atoms with van der Waals surface area (Å²) < 4.78 is 12.5. The number of amides is 4. The highest BCUT2D eigenvalue weighted by atomic mass is 16.7. The first-order chi connectivity index (χ1) is 20.9. The van der Waals surface area contributed by atoms with Crippen molar-refractivity contribution in [3.63, 3.8) is 0 Å². The molecule has 0 bridgehead atoms. The van der Waals surface area contributed by atoms with Crippen LogP contribution in [0.4, 0.5) is 0 Å². The minimum atomic E-state index is -2.01. The van der Waals surface area contributed by atoms with E-state index in [1.54, 1.807) is 109 Å². The molecule has 0 spiro atoms. The molecule has 0 saturated heterocycles. The average Bonchev–Trinajstić information content (AvgIpc) is 3.45. The van der Waals surface area contributed by atoms with E-state index < -0.39 is 35.2 Å². The lowest BCUT2D eigenvalue weighted by Crippen LogP contribution is -2.46. The van der Waals surface area contributed by atoms with Crippen LogP contribution in [0.15, 0.2) is 109 Å². The highest BCUT2D eigenvalue weighted by molar-refractivity contribution is 6.22. The molecule has 0 aromatic heterocycles. The number of imide groups is 2. The number of Topliss-reactive ketones (excluding diaryl/α,β-unsaturated/α-hetero) is 1. The number of nitrogens with zero attached hydrogens (tertiary/aromatic N) is 2. The predicted octanol–water partition coefficient (Wildman–Crippen LogP) is 4.35. The third-order valence-corrected chi connectivity index (χ3v) is 7.49. The Bertz CT molecular complexity index is 1580. The quantitative estimate of drug-likeness (QED) is 0.149. The second-order valence-electron chi connectivity index (χ2n) is 9.99. The molecule has 2 aliphatic heterocycles. The Morgan fingerprint density at radius 3 is 1.26 bits per heavy atom. The number of hydrogen-bond donors (Lipinski definition) is 0. The minimum Gasteiger partial charge on any atom is -0.338 e. The number of fused-ring (bicyclic) bond motifs is 2. The van der Waals surface area contributed by atoms with Gasteiger partial charge in [0.05, 0.1) is 48.6 Å². The summed E-state index contributed by atoms with van der Waals surface area (Å²) in [6, 6.07) is 30.1. The van der Waals surface area contributed by atoms with Crippen molar-refractivity contribution in [3.05, 3.63) is 143 Å². The van der Waals surface area contributed by atoms with Crippen molar-refractivity contribution in [1.82, 2.24) is 9.80 Å². The van der Waals surface area contributed by atoms with Crippen LogP contribution in [0, 0.1) is 0 Å². The monoisotopic (exact) mass is 574 g/mol. The van der Waals surface area contributed by atoms with Gasteiger partial charge in [-0.2, -0.15) is 0 Å². The van der Waals surface area contributed by atoms with Crippen LogP contribution in [-0.2, 0) is 15.3 Å². The molecule has 4 aromatic carbocycles. The summed E-state index contributed by atoms with van der Waals surface area (Å²) in [5, 5.41) is 0. The van der Waals surface area contributed by atoms with Gasteiger partial charge >= 0.3 is 0 Å². The number of hydrogen-bond acceptors (Lipinski definition) is 7. The maximum Gasteiger partial charge on any atom is 0.261 e. The number of ketones is 1. The van der Waals surface area contributed by atoms with Crippen molar-refractivity contribution in [2.45, 2.75) is 5.79 Å². The number of carbonyl (C=O) groups is 5. The third kappa shape index (κ3) is 4.94. The van der Waals surface area contributed by atoms with Crippen molar-refractivity contribution in [2.24, 2.45) is 0 Å². The fraction of sp³-hybridized carbons (Fsp3) is 0.147. The molecule has 2 heterocycles. The average molecular weight is 575 g/mol. The Morgan fingerprint density at radius 2 is 0.860 bits per heavy atom. The Kier molecular flexibility index (Phi) is 7.50. The number of rotatable bonds is 11. The van der Waals surface area contributed by atoms with E-state index in [2.05, 4.69) is 0 Å². The van der Waals surface area contributed by atoms with Crippen molar-refractivity contribution in [1.29, 1.82) is 0 Å². The van der Waals surface area contributed by atoms with Crippen molar-refractivity contribution < 1.29 is 33.4 Å². The summed E-state index contributed by atoms with van der Waals surface area (Å²) in [6.45, 7) is -0.729. The van der Waals surface area contributed by atoms with Crippen LogP contribution in [0.3, 0.4) is 0 Å². The Labute approximate surface area is 247 Å². The lowest BCUT2D eigenvalue weighted by Gasteiger charge is -2.34. The maximum atomic E-state index is 14.2. The molecule has 0 radical (unpaired) electrons. The van der Waals surface area contributed by atoms with Gasteiger partial charge in [0.15, 0.2) is 0 Å². The molecule has 4 aromatic rings. The van der Waals surface area contributed by atoms with Crippen LogP contribution < -0.4 is 0 Å². The fourth-order valence-corrected chi connectivity index (χ4v) is 5.35. The Balaban J connectivity index is 1.28. The van der Waals surface area contributed by atoms with E-state index in [1.165, 1.54) is 0 Å². The molecule has 214 valence electrons. The van der Waals surface area contributed by atoms with Crippen LogP contribution in [0.1, 0.15) is 57.4 Å². The van der Waals surface area contributed by atoms with Crippen molar-refractivity contribution in [3.8, 4) is 0 Å². The first-order valence-corrected chi connectivity index (χ1v) is 13.8. The molecule has 2 aliphatic rings. The van der Waals surface area contributed by atoms with E-state index in [-0.39, 0.29) is 26.3 Å². The van der Waals surface area contributed by atoms with Gasteiger partial charge in [0.2, 0.25) is 5.78 Å². The summed E-state index contributed by atoms with van der Waals surface area (Å²) in [5.41, 5.74) is 1.89. The van der Waals surface area contributed by atoms with E-state index >= 15 is 0 Å². The van der Waals surface area contributed by atoms with Crippen LogP contribution in [0.2, 0.25) is 0 Å². The predicted molar refractivity (Wildman–Crippen MR) is 154 cm³/mol. The molecule has 0 atom stereocenters. The first kappa shape index (κ1) is 27.9. The number of ether oxygens (including phenoxy) is 2. The standard InChI is InChI=1S/C34H26N2O7/c37-29(23-11-3-1-4-12-23)34(24-13-5-2-6-14-24,42-21-19-35-30(38)25-15-7-8-16-26(25)31(35)39)43-22-20-36-32(40)27-17-9-10-18-28(27)33(36)41/h1-18H,19-22H2. The summed E-state index contributed by atoms with van der Waals surface area (Å²) in [4.78, 5) is 68.1. The molecule has 6 rings (SSSR count). The van der Waals surface area contributed by atoms with E-state index in [9.17, 15) is 24.0 Å². The second kappa shape index (κ2) is 11.6. The molecule has 0 N–H and O–H groups in total. The fourth-order valence-electron chi connectivity index (χ4n) is 5.35. The van der Waals surface area contributed by atoms with Crippen LogP contribution in [0.25, 0.3) is 0 Å². The van der Waals surface area contributed by atoms with Gasteiger partial charge < -0.3 is 9.47 Å². The molecule has 0 unspecified atom stereocenters. The molecular weight excluding hydrogens is 548 g/mol. The van der Waals surface area contributed by atoms with Gasteiger partial charge in [-0.1, -0.05) is 84.9 Å².